The number of ether oxygens (including phenoxy) is 10. The van der Waals surface area contributed by atoms with Gasteiger partial charge in [-0.2, -0.15) is 5.26 Å². The van der Waals surface area contributed by atoms with Gasteiger partial charge in [0.1, 0.15) is 12.2 Å². The van der Waals surface area contributed by atoms with Crippen molar-refractivity contribution in [1.29, 1.82) is 5.26 Å². The minimum atomic E-state index is -2.80. The van der Waals surface area contributed by atoms with E-state index in [1.54, 1.807) is 152 Å². The highest BCUT2D eigenvalue weighted by Gasteiger charge is 2.57. The Balaban J connectivity index is 1.19. The van der Waals surface area contributed by atoms with Crippen molar-refractivity contribution >= 4 is 44.1 Å². The monoisotopic (exact) mass is 1220 g/mol. The summed E-state index contributed by atoms with van der Waals surface area (Å²) in [5, 5.41) is 10.4. The lowest BCUT2D eigenvalue weighted by molar-refractivity contribution is -0.331. The van der Waals surface area contributed by atoms with Crippen molar-refractivity contribution in [2.24, 2.45) is 5.92 Å². The maximum atomic E-state index is 14.6. The zero-order chi connectivity index (χ0) is 63.1. The van der Waals surface area contributed by atoms with Gasteiger partial charge in [0.15, 0.2) is 57.3 Å². The van der Waals surface area contributed by atoms with Crippen LogP contribution in [0, 0.1) is 17.2 Å². The van der Waals surface area contributed by atoms with Gasteiger partial charge in [-0.05, 0) is 102 Å². The molecule has 2 aliphatic heterocycles. The second kappa shape index (κ2) is 29.7. The maximum Gasteiger partial charge on any atom is 0.338 e. The standard InChI is InChI=1S/C70H69NO17Si/c1-45(2)70(3,4)89(5,6)79-44-55-57(84-63(73)48-32-18-9-19-33-48)58(85-64(74)49-34-20-10-21-35-49)60(87-66(76)51-38-24-12-25-39-51)68(81-55)78-43-54-56(83-62(72)47-30-16-8-17-31-47)59(86-65(75)50-36-22-11-23-37-50)61(88-67(77)52-40-26-13-27-41-52)69(82-54)80-53(42-71)46-28-14-7-15-29-46/h7-41,45,53-61,68-69H,43-44H2,1-6H3/t53?,54-,55-,56-,57-,58+,59+,60-,61-,68-,69-/m1/s1. The van der Waals surface area contributed by atoms with Gasteiger partial charge in [-0.25, -0.2) is 28.8 Å². The highest BCUT2D eigenvalue weighted by molar-refractivity contribution is 6.74. The molecule has 460 valence electrons. The summed E-state index contributed by atoms with van der Waals surface area (Å²) in [6.45, 7) is 11.4. The zero-order valence-corrected chi connectivity index (χ0v) is 50.9. The molecule has 9 rings (SSSR count). The fraction of sp³-hybridized carbons (Fsp3) is 0.300. The normalized spacial score (nSPS) is 22.0. The molecule has 18 nitrogen and oxygen atoms in total. The van der Waals surface area contributed by atoms with Crippen LogP contribution in [-0.4, -0.2) is 119 Å². The SMILES string of the molecule is CC(C)C(C)(C)[Si](C)(C)OC[C@H]1O[C@@H](OC[C@H]2O[C@@H](OC(C#N)c3ccccc3)[C@H](OC(=O)c3ccccc3)[C@@H](OC(=O)c3ccccc3)[C@@H]2OC(=O)c2ccccc2)[C@H](OC(=O)c2ccccc2)[C@@H](OC(=O)c2ccccc2)[C@@H]1OC(=O)c1ccccc1. The van der Waals surface area contributed by atoms with Crippen LogP contribution in [0.2, 0.25) is 18.1 Å². The number of nitriles is 1. The molecule has 0 radical (unpaired) electrons. The second-order valence-corrected chi connectivity index (χ2v) is 27.2. The van der Waals surface area contributed by atoms with Crippen molar-refractivity contribution in [3.05, 3.63) is 251 Å². The van der Waals surface area contributed by atoms with Gasteiger partial charge in [0, 0.05) is 0 Å². The van der Waals surface area contributed by atoms with Crippen molar-refractivity contribution in [1.82, 2.24) is 0 Å². The quantitative estimate of drug-likeness (QED) is 0.0329. The van der Waals surface area contributed by atoms with Crippen LogP contribution in [0.3, 0.4) is 0 Å². The first kappa shape index (κ1) is 64.3. The van der Waals surface area contributed by atoms with Crippen LogP contribution in [0.1, 0.15) is 102 Å². The first-order chi connectivity index (χ1) is 42.9. The molecule has 0 aliphatic carbocycles. The number of rotatable bonds is 23. The summed E-state index contributed by atoms with van der Waals surface area (Å²) in [6.07, 6.45) is -18.6. The molecule has 19 heteroatoms. The highest BCUT2D eigenvalue weighted by Crippen LogP contribution is 2.45. The molecule has 11 atom stereocenters. The number of benzene rings is 7. The van der Waals surface area contributed by atoms with Crippen LogP contribution in [0.25, 0.3) is 0 Å². The Labute approximate surface area is 517 Å². The summed E-state index contributed by atoms with van der Waals surface area (Å²) in [5.74, 6) is -5.36. The molecule has 0 aromatic heterocycles. The lowest BCUT2D eigenvalue weighted by atomic mass is 9.96. The molecule has 0 spiro atoms. The van der Waals surface area contributed by atoms with Gasteiger partial charge < -0.3 is 51.8 Å². The van der Waals surface area contributed by atoms with Gasteiger partial charge in [0.05, 0.1) is 52.7 Å². The van der Waals surface area contributed by atoms with Crippen LogP contribution >= 0.6 is 0 Å². The fourth-order valence-electron chi connectivity index (χ4n) is 9.97. The average Bonchev–Trinajstić information content (AvgIpc) is 2.12. The Kier molecular flexibility index (Phi) is 21.5. The number of esters is 6. The number of nitrogens with zero attached hydrogens (tertiary/aromatic N) is 1. The van der Waals surface area contributed by atoms with Crippen LogP contribution in [-0.2, 0) is 51.8 Å². The molecular formula is C70H69NO17Si. The van der Waals surface area contributed by atoms with Gasteiger partial charge in [0.25, 0.3) is 0 Å². The summed E-state index contributed by atoms with van der Waals surface area (Å²) in [5.41, 5.74) is 0.840. The van der Waals surface area contributed by atoms with E-state index in [1.165, 1.54) is 60.7 Å². The van der Waals surface area contributed by atoms with Gasteiger partial charge in [-0.3, -0.25) is 0 Å². The Morgan fingerprint density at radius 2 is 0.708 bits per heavy atom. The molecule has 2 fully saturated rings. The number of hydrogen-bond donors (Lipinski definition) is 0. The topological polar surface area (TPSA) is 228 Å². The average molecular weight is 1220 g/mol. The van der Waals surface area contributed by atoms with Crippen molar-refractivity contribution in [2.45, 2.75) is 113 Å². The molecule has 1 unspecified atom stereocenters. The van der Waals surface area contributed by atoms with E-state index in [9.17, 15) is 34.0 Å². The van der Waals surface area contributed by atoms with Crippen molar-refractivity contribution in [3.8, 4) is 6.07 Å². The minimum Gasteiger partial charge on any atom is -0.452 e. The molecule has 89 heavy (non-hydrogen) atoms. The maximum absolute atomic E-state index is 14.6. The summed E-state index contributed by atoms with van der Waals surface area (Å²) < 4.78 is 72.3. The molecule has 0 bridgehead atoms. The van der Waals surface area contributed by atoms with E-state index >= 15 is 0 Å². The van der Waals surface area contributed by atoms with Crippen LogP contribution in [0.4, 0.5) is 0 Å². The molecule has 2 aliphatic rings. The summed E-state index contributed by atoms with van der Waals surface area (Å²) >= 11 is 0. The summed E-state index contributed by atoms with van der Waals surface area (Å²) in [6, 6.07) is 58.3. The lowest BCUT2D eigenvalue weighted by Crippen LogP contribution is -2.65. The van der Waals surface area contributed by atoms with E-state index in [2.05, 4.69) is 33.8 Å². The predicted octanol–water partition coefficient (Wildman–Crippen LogP) is 11.7. The van der Waals surface area contributed by atoms with E-state index in [-0.39, 0.29) is 50.9 Å². The third-order valence-corrected chi connectivity index (χ3v) is 20.8. The third kappa shape index (κ3) is 16.0. The van der Waals surface area contributed by atoms with Crippen molar-refractivity contribution in [2.75, 3.05) is 13.2 Å². The van der Waals surface area contributed by atoms with E-state index in [0.717, 1.165) is 0 Å². The second-order valence-electron chi connectivity index (χ2n) is 22.6. The van der Waals surface area contributed by atoms with Gasteiger partial charge in [-0.15, -0.1) is 0 Å². The van der Waals surface area contributed by atoms with E-state index in [0.29, 0.717) is 5.56 Å². The third-order valence-electron chi connectivity index (χ3n) is 16.2. The number of hydrogen-bond acceptors (Lipinski definition) is 18. The molecule has 0 N–H and O–H groups in total. The van der Waals surface area contributed by atoms with Gasteiger partial charge in [0.2, 0.25) is 6.29 Å². The molecule has 7 aromatic rings. The molecule has 2 saturated heterocycles. The Morgan fingerprint density at radius 1 is 0.427 bits per heavy atom. The Morgan fingerprint density at radius 3 is 1.03 bits per heavy atom. The Bertz CT molecular complexity index is 3520. The summed E-state index contributed by atoms with van der Waals surface area (Å²) in [4.78, 5) is 87.2. The van der Waals surface area contributed by atoms with Crippen molar-refractivity contribution < 1.29 is 80.6 Å². The lowest BCUT2D eigenvalue weighted by Gasteiger charge is -2.48. The smallest absolute Gasteiger partial charge is 0.338 e. The van der Waals surface area contributed by atoms with Crippen LogP contribution in [0.15, 0.2) is 212 Å². The van der Waals surface area contributed by atoms with Gasteiger partial charge in [-0.1, -0.05) is 167 Å². The minimum absolute atomic E-state index is 0.0540. The zero-order valence-electron chi connectivity index (χ0n) is 49.9. The van der Waals surface area contributed by atoms with Gasteiger partial charge >= 0.3 is 35.8 Å². The molecule has 0 amide bonds. The number of carbonyl (C=O) groups excluding carboxylic acids is 6. The van der Waals surface area contributed by atoms with Crippen LogP contribution < -0.4 is 0 Å². The van der Waals surface area contributed by atoms with Crippen molar-refractivity contribution in [3.63, 3.8) is 0 Å². The molecule has 7 aromatic carbocycles. The van der Waals surface area contributed by atoms with E-state index < -0.39 is 118 Å². The molecule has 2 heterocycles. The fourth-order valence-corrected chi connectivity index (χ4v) is 12.3. The largest absolute Gasteiger partial charge is 0.452 e. The van der Waals surface area contributed by atoms with E-state index in [4.69, 9.17) is 51.8 Å². The number of carbonyl (C=O) groups is 6. The molecule has 0 saturated carbocycles. The molecular weight excluding hydrogens is 1150 g/mol. The highest BCUT2D eigenvalue weighted by atomic mass is 28.4. The van der Waals surface area contributed by atoms with E-state index in [1.807, 2.05) is 13.1 Å². The predicted molar refractivity (Wildman–Crippen MR) is 325 cm³/mol. The Hall–Kier alpha value is -9.13. The summed E-state index contributed by atoms with van der Waals surface area (Å²) in [7, 11) is -2.80. The first-order valence-corrected chi connectivity index (χ1v) is 32.1. The first-order valence-electron chi connectivity index (χ1n) is 29.1. The van der Waals surface area contributed by atoms with Crippen LogP contribution in [0.5, 0.6) is 0 Å².